The number of benzene rings is 1. The predicted octanol–water partition coefficient (Wildman–Crippen LogP) is 2.03. The van der Waals surface area contributed by atoms with Gasteiger partial charge in [0.25, 0.3) is 0 Å². The SMILES string of the molecule is CC(O)(CNC(=O)Cn1cc(-c2ccccc2)nn1)c1ccsc1. The van der Waals surface area contributed by atoms with Crippen molar-refractivity contribution >= 4 is 17.2 Å². The summed E-state index contributed by atoms with van der Waals surface area (Å²) < 4.78 is 1.48. The van der Waals surface area contributed by atoms with E-state index in [4.69, 9.17) is 0 Å². The fraction of sp³-hybridized carbons (Fsp3) is 0.235. The van der Waals surface area contributed by atoms with Gasteiger partial charge in [-0.3, -0.25) is 4.79 Å². The first-order valence-corrected chi connectivity index (χ1v) is 8.46. The van der Waals surface area contributed by atoms with Crippen LogP contribution in [0.2, 0.25) is 0 Å². The van der Waals surface area contributed by atoms with Crippen LogP contribution >= 0.6 is 11.3 Å². The van der Waals surface area contributed by atoms with E-state index in [1.807, 2.05) is 47.2 Å². The number of hydrogen-bond donors (Lipinski definition) is 2. The lowest BCUT2D eigenvalue weighted by atomic mass is 9.99. The molecule has 124 valence electrons. The summed E-state index contributed by atoms with van der Waals surface area (Å²) >= 11 is 1.51. The smallest absolute Gasteiger partial charge is 0.241 e. The molecule has 0 saturated carbocycles. The topological polar surface area (TPSA) is 80.0 Å². The predicted molar refractivity (Wildman–Crippen MR) is 92.4 cm³/mol. The Morgan fingerprint density at radius 3 is 2.83 bits per heavy atom. The first kappa shape index (κ1) is 16.4. The van der Waals surface area contributed by atoms with Gasteiger partial charge in [-0.1, -0.05) is 35.5 Å². The van der Waals surface area contributed by atoms with Gasteiger partial charge in [-0.25, -0.2) is 4.68 Å². The van der Waals surface area contributed by atoms with Crippen LogP contribution in [0.1, 0.15) is 12.5 Å². The summed E-state index contributed by atoms with van der Waals surface area (Å²) in [6, 6.07) is 11.5. The van der Waals surface area contributed by atoms with Crippen LogP contribution in [0.3, 0.4) is 0 Å². The highest BCUT2D eigenvalue weighted by Gasteiger charge is 2.24. The Hall–Kier alpha value is -2.51. The Kier molecular flexibility index (Phi) is 4.73. The molecule has 6 nitrogen and oxygen atoms in total. The Morgan fingerprint density at radius 2 is 2.12 bits per heavy atom. The largest absolute Gasteiger partial charge is 0.384 e. The molecule has 0 bridgehead atoms. The van der Waals surface area contributed by atoms with E-state index in [1.165, 1.54) is 16.0 Å². The van der Waals surface area contributed by atoms with E-state index in [1.54, 1.807) is 13.1 Å². The number of carbonyl (C=O) groups excluding carboxylic acids is 1. The molecule has 0 saturated heterocycles. The number of amides is 1. The van der Waals surface area contributed by atoms with Crippen LogP contribution in [0.4, 0.5) is 0 Å². The molecule has 2 aromatic heterocycles. The van der Waals surface area contributed by atoms with Crippen LogP contribution in [0.25, 0.3) is 11.3 Å². The molecule has 0 radical (unpaired) electrons. The van der Waals surface area contributed by atoms with Gasteiger partial charge < -0.3 is 10.4 Å². The van der Waals surface area contributed by atoms with E-state index in [-0.39, 0.29) is 19.0 Å². The number of nitrogens with zero attached hydrogens (tertiary/aromatic N) is 3. The van der Waals surface area contributed by atoms with Crippen molar-refractivity contribution in [1.82, 2.24) is 20.3 Å². The summed E-state index contributed by atoms with van der Waals surface area (Å²) in [6.07, 6.45) is 1.73. The average Bonchev–Trinajstić information content (AvgIpc) is 3.26. The van der Waals surface area contributed by atoms with Gasteiger partial charge in [0, 0.05) is 5.56 Å². The quantitative estimate of drug-likeness (QED) is 0.718. The molecule has 0 aliphatic carbocycles. The number of thiophene rings is 1. The molecule has 1 atom stereocenters. The lowest BCUT2D eigenvalue weighted by molar-refractivity contribution is -0.123. The van der Waals surface area contributed by atoms with E-state index in [9.17, 15) is 9.90 Å². The summed E-state index contributed by atoms with van der Waals surface area (Å²) in [5.74, 6) is -0.227. The number of aliphatic hydroxyl groups is 1. The fourth-order valence-corrected chi connectivity index (χ4v) is 3.05. The minimum Gasteiger partial charge on any atom is -0.384 e. The Balaban J connectivity index is 1.57. The van der Waals surface area contributed by atoms with Gasteiger partial charge in [0.15, 0.2) is 0 Å². The molecule has 24 heavy (non-hydrogen) atoms. The van der Waals surface area contributed by atoms with Crippen molar-refractivity contribution in [2.45, 2.75) is 19.1 Å². The van der Waals surface area contributed by atoms with Gasteiger partial charge in [-0.2, -0.15) is 11.3 Å². The lowest BCUT2D eigenvalue weighted by Gasteiger charge is -2.22. The zero-order valence-electron chi connectivity index (χ0n) is 13.2. The maximum atomic E-state index is 12.1. The van der Waals surface area contributed by atoms with Gasteiger partial charge in [0.05, 0.1) is 12.7 Å². The van der Waals surface area contributed by atoms with Gasteiger partial charge in [-0.05, 0) is 29.3 Å². The van der Waals surface area contributed by atoms with Crippen molar-refractivity contribution in [3.63, 3.8) is 0 Å². The zero-order valence-corrected chi connectivity index (χ0v) is 14.0. The second kappa shape index (κ2) is 6.94. The summed E-state index contributed by atoms with van der Waals surface area (Å²) in [6.45, 7) is 1.88. The second-order valence-corrected chi connectivity index (χ2v) is 6.51. The third kappa shape index (κ3) is 3.87. The summed E-state index contributed by atoms with van der Waals surface area (Å²) in [4.78, 5) is 12.1. The number of carbonyl (C=O) groups is 1. The lowest BCUT2D eigenvalue weighted by Crippen LogP contribution is -2.39. The highest BCUT2D eigenvalue weighted by Crippen LogP contribution is 2.22. The molecule has 1 unspecified atom stereocenters. The summed E-state index contributed by atoms with van der Waals surface area (Å²) in [7, 11) is 0. The van der Waals surface area contributed by atoms with E-state index < -0.39 is 5.60 Å². The third-order valence-electron chi connectivity index (χ3n) is 3.69. The van der Waals surface area contributed by atoms with E-state index >= 15 is 0 Å². The molecule has 1 amide bonds. The number of nitrogens with one attached hydrogen (secondary N) is 1. The minimum absolute atomic E-state index is 0.0551. The first-order valence-electron chi connectivity index (χ1n) is 7.52. The van der Waals surface area contributed by atoms with Crippen LogP contribution in [0.15, 0.2) is 53.4 Å². The van der Waals surface area contributed by atoms with Gasteiger partial charge in [-0.15, -0.1) is 5.10 Å². The standard InChI is InChI=1S/C17H18N4O2S/c1-17(23,14-7-8-24-11-14)12-18-16(22)10-21-9-15(19-20-21)13-5-3-2-4-6-13/h2-9,11,23H,10,12H2,1H3,(H,18,22). The Morgan fingerprint density at radius 1 is 1.33 bits per heavy atom. The molecule has 7 heteroatoms. The third-order valence-corrected chi connectivity index (χ3v) is 4.37. The zero-order chi connectivity index (χ0) is 17.0. The van der Waals surface area contributed by atoms with Crippen LogP contribution in [0.5, 0.6) is 0 Å². The van der Waals surface area contributed by atoms with Gasteiger partial charge in [0.1, 0.15) is 17.8 Å². The molecule has 1 aromatic carbocycles. The van der Waals surface area contributed by atoms with Crippen molar-refractivity contribution in [1.29, 1.82) is 0 Å². The highest BCUT2D eigenvalue weighted by molar-refractivity contribution is 7.08. The molecule has 0 spiro atoms. The number of rotatable bonds is 6. The fourth-order valence-electron chi connectivity index (χ4n) is 2.26. The molecular weight excluding hydrogens is 324 g/mol. The van der Waals surface area contributed by atoms with Crippen molar-refractivity contribution in [2.24, 2.45) is 0 Å². The molecule has 3 rings (SSSR count). The average molecular weight is 342 g/mol. The second-order valence-electron chi connectivity index (χ2n) is 5.73. The summed E-state index contributed by atoms with van der Waals surface area (Å²) in [5, 5.41) is 24.9. The Labute approximate surface area is 143 Å². The van der Waals surface area contributed by atoms with Crippen molar-refractivity contribution in [3.8, 4) is 11.3 Å². The van der Waals surface area contributed by atoms with Crippen molar-refractivity contribution in [2.75, 3.05) is 6.54 Å². The first-order chi connectivity index (χ1) is 11.5. The molecule has 2 heterocycles. The van der Waals surface area contributed by atoms with Crippen LogP contribution < -0.4 is 5.32 Å². The van der Waals surface area contributed by atoms with Crippen LogP contribution in [0, 0.1) is 0 Å². The minimum atomic E-state index is -1.09. The van der Waals surface area contributed by atoms with Crippen LogP contribution in [-0.4, -0.2) is 32.6 Å². The maximum Gasteiger partial charge on any atom is 0.241 e. The monoisotopic (exact) mass is 342 g/mol. The van der Waals surface area contributed by atoms with E-state index in [0.29, 0.717) is 5.69 Å². The molecular formula is C17H18N4O2S. The maximum absolute atomic E-state index is 12.1. The molecule has 0 aliphatic heterocycles. The number of aromatic nitrogens is 3. The molecule has 0 fully saturated rings. The number of hydrogen-bond acceptors (Lipinski definition) is 5. The summed E-state index contributed by atoms with van der Waals surface area (Å²) in [5.41, 5.74) is 1.37. The van der Waals surface area contributed by atoms with E-state index in [0.717, 1.165) is 11.1 Å². The normalized spacial score (nSPS) is 13.4. The van der Waals surface area contributed by atoms with Crippen LogP contribution in [-0.2, 0) is 16.9 Å². The van der Waals surface area contributed by atoms with Gasteiger partial charge in [0.2, 0.25) is 5.91 Å². The van der Waals surface area contributed by atoms with Crippen molar-refractivity contribution in [3.05, 3.63) is 58.9 Å². The molecule has 3 aromatic rings. The van der Waals surface area contributed by atoms with Crippen molar-refractivity contribution < 1.29 is 9.90 Å². The Bertz CT molecular complexity index is 797. The molecule has 0 aliphatic rings. The highest BCUT2D eigenvalue weighted by atomic mass is 32.1. The van der Waals surface area contributed by atoms with E-state index in [2.05, 4.69) is 15.6 Å². The molecule has 2 N–H and O–H groups in total. The van der Waals surface area contributed by atoms with Gasteiger partial charge >= 0.3 is 0 Å².